The maximum Gasteiger partial charge on any atom is 0.192 e. The lowest BCUT2D eigenvalue weighted by Gasteiger charge is -2.37. The highest BCUT2D eigenvalue weighted by Crippen LogP contribution is 2.36. The minimum Gasteiger partial charge on any atom is -0.414 e. The molecule has 88 valence electrons. The van der Waals surface area contributed by atoms with E-state index in [1.54, 1.807) is 0 Å². The van der Waals surface area contributed by atoms with Gasteiger partial charge in [-0.2, -0.15) is 0 Å². The Hall–Kier alpha value is -0.123. The molecule has 0 radical (unpaired) electrons. The zero-order chi connectivity index (χ0) is 11.5. The van der Waals surface area contributed by atoms with Gasteiger partial charge in [0.2, 0.25) is 0 Å². The lowest BCUT2D eigenvalue weighted by molar-refractivity contribution is 0.0417. The molecule has 2 nitrogen and oxygen atoms in total. The van der Waals surface area contributed by atoms with Crippen LogP contribution in [0.15, 0.2) is 12.2 Å². The second-order valence-corrected chi connectivity index (χ2v) is 10.5. The summed E-state index contributed by atoms with van der Waals surface area (Å²) in [6.45, 7) is 12.9. The van der Waals surface area contributed by atoms with Gasteiger partial charge in [0, 0.05) is 0 Å². The lowest BCUT2D eigenvalue weighted by Crippen LogP contribution is -2.43. The predicted molar refractivity (Wildman–Crippen MR) is 66.6 cm³/mol. The van der Waals surface area contributed by atoms with Crippen molar-refractivity contribution in [3.05, 3.63) is 12.2 Å². The highest BCUT2D eigenvalue weighted by Gasteiger charge is 2.37. The first-order chi connectivity index (χ1) is 6.83. The van der Waals surface area contributed by atoms with Crippen molar-refractivity contribution in [3.63, 3.8) is 0 Å². The Balaban J connectivity index is 2.42. The Morgan fingerprint density at radius 3 is 2.53 bits per heavy atom. The monoisotopic (exact) mass is 228 g/mol. The van der Waals surface area contributed by atoms with Crippen molar-refractivity contribution in [2.24, 2.45) is 0 Å². The lowest BCUT2D eigenvalue weighted by atomic mass is 10.2. The van der Waals surface area contributed by atoms with Gasteiger partial charge in [-0.25, -0.2) is 0 Å². The van der Waals surface area contributed by atoms with Gasteiger partial charge in [-0.05, 0) is 24.6 Å². The van der Waals surface area contributed by atoms with E-state index >= 15 is 0 Å². The second kappa shape index (κ2) is 4.81. The van der Waals surface area contributed by atoms with Crippen molar-refractivity contribution in [1.82, 2.24) is 0 Å². The standard InChI is InChI=1S/C12H24O2Si/c1-12(2,3)15(4,5)14-10-11-8-6-7-9-13-11/h6,8,11H,7,9-10H2,1-5H3. The molecule has 15 heavy (non-hydrogen) atoms. The number of ether oxygens (including phenoxy) is 1. The van der Waals surface area contributed by atoms with Crippen molar-refractivity contribution < 1.29 is 9.16 Å². The maximum absolute atomic E-state index is 6.10. The Kier molecular flexibility index (Phi) is 4.15. The molecule has 0 bridgehead atoms. The summed E-state index contributed by atoms with van der Waals surface area (Å²) in [6, 6.07) is 0. The van der Waals surface area contributed by atoms with Gasteiger partial charge < -0.3 is 9.16 Å². The van der Waals surface area contributed by atoms with Gasteiger partial charge in [0.1, 0.15) is 0 Å². The number of hydrogen-bond acceptors (Lipinski definition) is 2. The summed E-state index contributed by atoms with van der Waals surface area (Å²) in [6.07, 6.45) is 5.52. The average molecular weight is 228 g/mol. The van der Waals surface area contributed by atoms with Crippen LogP contribution in [0.25, 0.3) is 0 Å². The van der Waals surface area contributed by atoms with Gasteiger partial charge in [0.15, 0.2) is 8.32 Å². The summed E-state index contributed by atoms with van der Waals surface area (Å²) < 4.78 is 11.7. The molecule has 1 unspecified atom stereocenters. The van der Waals surface area contributed by atoms with E-state index in [1.807, 2.05) is 0 Å². The molecule has 0 aromatic heterocycles. The van der Waals surface area contributed by atoms with Crippen molar-refractivity contribution in [2.75, 3.05) is 13.2 Å². The molecule has 3 heteroatoms. The summed E-state index contributed by atoms with van der Waals surface area (Å²) in [7, 11) is -1.60. The van der Waals surface area contributed by atoms with Gasteiger partial charge >= 0.3 is 0 Å². The molecule has 1 aliphatic rings. The minimum absolute atomic E-state index is 0.174. The topological polar surface area (TPSA) is 18.5 Å². The van der Waals surface area contributed by atoms with E-state index in [9.17, 15) is 0 Å². The van der Waals surface area contributed by atoms with Gasteiger partial charge in [-0.15, -0.1) is 0 Å². The molecule has 0 aromatic rings. The first kappa shape index (κ1) is 12.9. The van der Waals surface area contributed by atoms with Gasteiger partial charge in [-0.3, -0.25) is 0 Å². The smallest absolute Gasteiger partial charge is 0.192 e. The molecule has 0 fully saturated rings. The van der Waals surface area contributed by atoms with Crippen LogP contribution in [0.2, 0.25) is 18.1 Å². The molecular formula is C12H24O2Si. The molecule has 0 spiro atoms. The third kappa shape index (κ3) is 3.74. The summed E-state index contributed by atoms with van der Waals surface area (Å²) in [4.78, 5) is 0. The molecule has 0 aliphatic carbocycles. The molecule has 0 N–H and O–H groups in total. The summed E-state index contributed by atoms with van der Waals surface area (Å²) in [5.41, 5.74) is 0. The normalized spacial score (nSPS) is 23.1. The summed E-state index contributed by atoms with van der Waals surface area (Å²) >= 11 is 0. The van der Waals surface area contributed by atoms with E-state index in [2.05, 4.69) is 46.0 Å². The summed E-state index contributed by atoms with van der Waals surface area (Å²) in [5.74, 6) is 0. The van der Waals surface area contributed by atoms with E-state index < -0.39 is 8.32 Å². The Labute approximate surface area is 94.8 Å². The average Bonchev–Trinajstić information content (AvgIpc) is 2.15. The van der Waals surface area contributed by atoms with Crippen molar-refractivity contribution in [3.8, 4) is 0 Å². The van der Waals surface area contributed by atoms with Crippen LogP contribution in [0, 0.1) is 0 Å². The van der Waals surface area contributed by atoms with Crippen LogP contribution in [0.1, 0.15) is 27.2 Å². The predicted octanol–water partition coefficient (Wildman–Crippen LogP) is 3.35. The zero-order valence-corrected chi connectivity index (χ0v) is 11.7. The molecule has 1 rings (SSSR count). The van der Waals surface area contributed by atoms with Crippen LogP contribution in [-0.2, 0) is 9.16 Å². The van der Waals surface area contributed by atoms with E-state index in [0.717, 1.165) is 13.0 Å². The molecule has 0 saturated heterocycles. The highest BCUT2D eigenvalue weighted by molar-refractivity contribution is 6.74. The van der Waals surface area contributed by atoms with Crippen LogP contribution in [0.3, 0.4) is 0 Å². The van der Waals surface area contributed by atoms with Crippen LogP contribution >= 0.6 is 0 Å². The highest BCUT2D eigenvalue weighted by atomic mass is 28.4. The quantitative estimate of drug-likeness (QED) is 0.545. The van der Waals surface area contributed by atoms with Gasteiger partial charge in [-0.1, -0.05) is 32.9 Å². The van der Waals surface area contributed by atoms with Crippen LogP contribution in [-0.4, -0.2) is 27.6 Å². The molecule has 1 heterocycles. The fraction of sp³-hybridized carbons (Fsp3) is 0.833. The Morgan fingerprint density at radius 2 is 2.07 bits per heavy atom. The van der Waals surface area contributed by atoms with Crippen molar-refractivity contribution in [1.29, 1.82) is 0 Å². The van der Waals surface area contributed by atoms with E-state index in [1.165, 1.54) is 0 Å². The molecular weight excluding hydrogens is 204 g/mol. The SMILES string of the molecule is CC(C)(C)[Si](C)(C)OCC1C=CCCO1. The first-order valence-corrected chi connectivity index (χ1v) is 8.66. The van der Waals surface area contributed by atoms with E-state index in [-0.39, 0.29) is 11.1 Å². The van der Waals surface area contributed by atoms with Crippen LogP contribution < -0.4 is 0 Å². The molecule has 0 amide bonds. The largest absolute Gasteiger partial charge is 0.414 e. The third-order valence-electron chi connectivity index (χ3n) is 3.38. The third-order valence-corrected chi connectivity index (χ3v) is 7.88. The van der Waals surface area contributed by atoms with Gasteiger partial charge in [0.05, 0.1) is 19.3 Å². The number of rotatable bonds is 3. The first-order valence-electron chi connectivity index (χ1n) is 5.75. The molecule has 0 saturated carbocycles. The van der Waals surface area contributed by atoms with E-state index in [4.69, 9.17) is 9.16 Å². The maximum atomic E-state index is 6.10. The fourth-order valence-corrected chi connectivity index (χ4v) is 2.22. The summed E-state index contributed by atoms with van der Waals surface area (Å²) in [5, 5.41) is 0.283. The van der Waals surface area contributed by atoms with E-state index in [0.29, 0.717) is 6.61 Å². The Bertz CT molecular complexity index is 228. The molecule has 1 atom stereocenters. The second-order valence-electron chi connectivity index (χ2n) is 5.70. The number of hydrogen-bond donors (Lipinski definition) is 0. The van der Waals surface area contributed by atoms with Crippen molar-refractivity contribution >= 4 is 8.32 Å². The fourth-order valence-electron chi connectivity index (χ4n) is 1.20. The minimum atomic E-state index is -1.60. The molecule has 0 aromatic carbocycles. The Morgan fingerprint density at radius 1 is 1.40 bits per heavy atom. The van der Waals surface area contributed by atoms with Crippen LogP contribution in [0.5, 0.6) is 0 Å². The van der Waals surface area contributed by atoms with Crippen LogP contribution in [0.4, 0.5) is 0 Å². The van der Waals surface area contributed by atoms with Gasteiger partial charge in [0.25, 0.3) is 0 Å². The molecule has 1 aliphatic heterocycles. The van der Waals surface area contributed by atoms with Crippen molar-refractivity contribution in [2.45, 2.75) is 51.4 Å². The zero-order valence-electron chi connectivity index (χ0n) is 10.7.